The van der Waals surface area contributed by atoms with Crippen LogP contribution in [0.25, 0.3) is 0 Å². The first-order chi connectivity index (χ1) is 13.1. The molecule has 0 saturated heterocycles. The van der Waals surface area contributed by atoms with Crippen LogP contribution in [-0.4, -0.2) is 22.4 Å². The van der Waals surface area contributed by atoms with E-state index in [4.69, 9.17) is 0 Å². The van der Waals surface area contributed by atoms with Crippen molar-refractivity contribution in [3.05, 3.63) is 82.7 Å². The highest BCUT2D eigenvalue weighted by Gasteiger charge is 2.43. The first kappa shape index (κ1) is 21.2. The molecule has 0 amide bonds. The molecule has 3 nitrogen and oxygen atoms in total. The normalized spacial score (nSPS) is 11.3. The number of rotatable bonds is 3. The lowest BCUT2D eigenvalue weighted by Gasteiger charge is -2.18. The van der Waals surface area contributed by atoms with Crippen molar-refractivity contribution in [3.8, 4) is 0 Å². The van der Waals surface area contributed by atoms with Crippen LogP contribution in [0.3, 0.4) is 0 Å². The van der Waals surface area contributed by atoms with Crippen molar-refractivity contribution in [1.29, 1.82) is 0 Å². The summed E-state index contributed by atoms with van der Waals surface area (Å²) in [5.74, 6) is -12.4. The van der Waals surface area contributed by atoms with Gasteiger partial charge in [0.15, 0.2) is 29.6 Å². The molecule has 0 unspecified atom stereocenters. The third kappa shape index (κ3) is 4.24. The highest BCUT2D eigenvalue weighted by Crippen LogP contribution is 2.38. The lowest BCUT2D eigenvalue weighted by Crippen LogP contribution is -2.22. The monoisotopic (exact) mass is 410 g/mol. The van der Waals surface area contributed by atoms with Crippen molar-refractivity contribution >= 4 is 6.29 Å². The van der Waals surface area contributed by atoms with Crippen molar-refractivity contribution in [3.63, 3.8) is 0 Å². The summed E-state index contributed by atoms with van der Waals surface area (Å²) in [5.41, 5.74) is -1.17. The van der Waals surface area contributed by atoms with Gasteiger partial charge in [0.1, 0.15) is 5.92 Å². The SMILES string of the molecule is FC(F)(F)C(c1ccc[nH]1)c1ccc[nH]1.O=Cc1c(F)c(F)c(F)c(F)c1F. The number of hydrogen-bond acceptors (Lipinski definition) is 1. The molecular formula is C17H10F8N2O. The van der Waals surface area contributed by atoms with Gasteiger partial charge in [0.2, 0.25) is 5.82 Å². The van der Waals surface area contributed by atoms with Crippen LogP contribution in [0.1, 0.15) is 27.7 Å². The summed E-state index contributed by atoms with van der Waals surface area (Å²) in [7, 11) is 0. The van der Waals surface area contributed by atoms with E-state index < -0.39 is 53.0 Å². The van der Waals surface area contributed by atoms with E-state index >= 15 is 0 Å². The molecule has 2 aromatic heterocycles. The predicted molar refractivity (Wildman–Crippen MR) is 81.1 cm³/mol. The highest BCUT2D eigenvalue weighted by molar-refractivity contribution is 5.75. The predicted octanol–water partition coefficient (Wildman–Crippen LogP) is 5.23. The molecule has 0 fully saturated rings. The fourth-order valence-corrected chi connectivity index (χ4v) is 2.29. The number of aromatic nitrogens is 2. The van der Waals surface area contributed by atoms with Crippen LogP contribution in [0.2, 0.25) is 0 Å². The van der Waals surface area contributed by atoms with Crippen LogP contribution < -0.4 is 0 Å². The maximum atomic E-state index is 12.8. The van der Waals surface area contributed by atoms with Gasteiger partial charge in [0.25, 0.3) is 0 Å². The summed E-state index contributed by atoms with van der Waals surface area (Å²) in [6, 6.07) is 5.96. The Morgan fingerprint density at radius 1 is 0.750 bits per heavy atom. The molecule has 11 heteroatoms. The van der Waals surface area contributed by atoms with E-state index in [0.29, 0.717) is 0 Å². The van der Waals surface area contributed by atoms with Gasteiger partial charge in [0, 0.05) is 23.8 Å². The van der Waals surface area contributed by atoms with Crippen LogP contribution >= 0.6 is 0 Å². The Bertz CT molecular complexity index is 870. The van der Waals surface area contributed by atoms with E-state index in [9.17, 15) is 39.9 Å². The highest BCUT2D eigenvalue weighted by atomic mass is 19.4. The van der Waals surface area contributed by atoms with Gasteiger partial charge in [0.05, 0.1) is 5.56 Å². The third-order valence-corrected chi connectivity index (χ3v) is 3.55. The number of carbonyl (C=O) groups excluding carboxylic acids is 1. The Labute approximate surface area is 152 Å². The molecule has 0 aliphatic rings. The first-order valence-corrected chi connectivity index (χ1v) is 7.39. The van der Waals surface area contributed by atoms with Crippen LogP contribution in [-0.2, 0) is 0 Å². The Kier molecular flexibility index (Phi) is 6.26. The smallest absolute Gasteiger partial charge is 0.364 e. The molecule has 0 aliphatic heterocycles. The van der Waals surface area contributed by atoms with Gasteiger partial charge < -0.3 is 9.97 Å². The molecule has 28 heavy (non-hydrogen) atoms. The average Bonchev–Trinajstić information content (AvgIpc) is 3.33. The summed E-state index contributed by atoms with van der Waals surface area (Å²) in [6.45, 7) is 0. The van der Waals surface area contributed by atoms with Crippen LogP contribution in [0.15, 0.2) is 36.7 Å². The molecule has 150 valence electrons. The van der Waals surface area contributed by atoms with Crippen molar-refractivity contribution in [2.75, 3.05) is 0 Å². The van der Waals surface area contributed by atoms with Crippen molar-refractivity contribution in [1.82, 2.24) is 9.97 Å². The summed E-state index contributed by atoms with van der Waals surface area (Å²) in [4.78, 5) is 15.1. The second kappa shape index (κ2) is 8.28. The third-order valence-electron chi connectivity index (χ3n) is 3.55. The van der Waals surface area contributed by atoms with Crippen molar-refractivity contribution in [2.24, 2.45) is 0 Å². The number of nitrogens with one attached hydrogen (secondary N) is 2. The van der Waals surface area contributed by atoms with E-state index in [1.54, 1.807) is 12.1 Å². The summed E-state index contributed by atoms with van der Waals surface area (Å²) < 4.78 is 100. The zero-order valence-corrected chi connectivity index (χ0v) is 13.6. The molecule has 0 bridgehead atoms. The minimum Gasteiger partial charge on any atom is -0.364 e. The van der Waals surface area contributed by atoms with E-state index in [1.165, 1.54) is 24.5 Å². The number of alkyl halides is 3. The number of benzene rings is 1. The minimum absolute atomic E-state index is 0.143. The van der Waals surface area contributed by atoms with Gasteiger partial charge in [-0.2, -0.15) is 13.2 Å². The van der Waals surface area contributed by atoms with E-state index in [0.717, 1.165) is 0 Å². The molecule has 2 heterocycles. The van der Waals surface area contributed by atoms with Crippen LogP contribution in [0, 0.1) is 29.1 Å². The maximum Gasteiger partial charge on any atom is 0.402 e. The van der Waals surface area contributed by atoms with E-state index in [2.05, 4.69) is 9.97 Å². The van der Waals surface area contributed by atoms with Crippen molar-refractivity contribution in [2.45, 2.75) is 12.1 Å². The van der Waals surface area contributed by atoms with Gasteiger partial charge >= 0.3 is 6.18 Å². The molecule has 2 N–H and O–H groups in total. The maximum absolute atomic E-state index is 12.8. The average molecular weight is 410 g/mol. The van der Waals surface area contributed by atoms with Gasteiger partial charge in [-0.15, -0.1) is 0 Å². The molecular weight excluding hydrogens is 400 g/mol. The van der Waals surface area contributed by atoms with Gasteiger partial charge in [-0.25, -0.2) is 22.0 Å². The lowest BCUT2D eigenvalue weighted by atomic mass is 10.0. The Hall–Kier alpha value is -3.11. The summed E-state index contributed by atoms with van der Waals surface area (Å²) >= 11 is 0. The fraction of sp³-hybridized carbons (Fsp3) is 0.118. The van der Waals surface area contributed by atoms with Gasteiger partial charge in [-0.05, 0) is 24.3 Å². The topological polar surface area (TPSA) is 48.6 Å². The number of carbonyl (C=O) groups is 1. The zero-order chi connectivity index (χ0) is 21.1. The Balaban J connectivity index is 0.000000203. The molecule has 1 aromatic carbocycles. The van der Waals surface area contributed by atoms with E-state index in [1.807, 2.05) is 0 Å². The largest absolute Gasteiger partial charge is 0.402 e. The second-order valence-electron chi connectivity index (χ2n) is 5.33. The van der Waals surface area contributed by atoms with Crippen LogP contribution in [0.5, 0.6) is 0 Å². The molecule has 0 atom stereocenters. The lowest BCUT2D eigenvalue weighted by molar-refractivity contribution is -0.142. The summed E-state index contributed by atoms with van der Waals surface area (Å²) in [5, 5.41) is 0. The first-order valence-electron chi connectivity index (χ1n) is 7.39. The Morgan fingerprint density at radius 3 is 1.43 bits per heavy atom. The second-order valence-corrected chi connectivity index (χ2v) is 5.33. The molecule has 3 rings (SSSR count). The minimum atomic E-state index is -4.30. The molecule has 0 saturated carbocycles. The Morgan fingerprint density at radius 2 is 1.14 bits per heavy atom. The molecule has 0 aliphatic carbocycles. The quantitative estimate of drug-likeness (QED) is 0.264. The standard InChI is InChI=1S/C10H9F3N2.C7HF5O/c11-10(12,13)9(7-3-1-5-14-7)8-4-2-6-15-8;8-3-2(1-13)4(9)6(11)7(12)5(3)10/h1-6,9,14-15H;1H. The molecule has 0 radical (unpaired) electrons. The number of aromatic amines is 2. The van der Waals surface area contributed by atoms with Crippen molar-refractivity contribution < 1.29 is 39.9 Å². The molecule has 3 aromatic rings. The van der Waals surface area contributed by atoms with Crippen LogP contribution in [0.4, 0.5) is 35.1 Å². The van der Waals surface area contributed by atoms with E-state index in [-0.39, 0.29) is 11.4 Å². The summed E-state index contributed by atoms with van der Waals surface area (Å²) in [6.07, 6.45) is -1.76. The molecule has 0 spiro atoms. The zero-order valence-electron chi connectivity index (χ0n) is 13.6. The van der Waals surface area contributed by atoms with Gasteiger partial charge in [-0.1, -0.05) is 0 Å². The number of halogens is 8. The number of hydrogen-bond donors (Lipinski definition) is 2. The number of aldehydes is 1. The van der Waals surface area contributed by atoms with Gasteiger partial charge in [-0.3, -0.25) is 4.79 Å². The fourth-order valence-electron chi connectivity index (χ4n) is 2.29. The number of H-pyrrole nitrogens is 2.